The summed E-state index contributed by atoms with van der Waals surface area (Å²) >= 11 is 0. The van der Waals surface area contributed by atoms with Gasteiger partial charge >= 0.3 is 0 Å². The molecule has 0 unspecified atom stereocenters. The van der Waals surface area contributed by atoms with Crippen molar-refractivity contribution in [1.29, 1.82) is 0 Å². The fourth-order valence-corrected chi connectivity index (χ4v) is 1.70. The Morgan fingerprint density at radius 2 is 2.11 bits per heavy atom. The van der Waals surface area contributed by atoms with Crippen molar-refractivity contribution in [1.82, 2.24) is 9.78 Å². The van der Waals surface area contributed by atoms with E-state index in [1.165, 1.54) is 10.7 Å². The molecule has 0 N–H and O–H groups in total. The highest BCUT2D eigenvalue weighted by atomic mass is 16.6. The molecule has 0 bridgehead atoms. The summed E-state index contributed by atoms with van der Waals surface area (Å²) in [4.78, 5) is 21.2. The Kier molecular flexibility index (Phi) is 2.93. The Labute approximate surface area is 103 Å². The third-order valence-electron chi connectivity index (χ3n) is 2.74. The van der Waals surface area contributed by atoms with Gasteiger partial charge < -0.3 is 0 Å². The quantitative estimate of drug-likeness (QED) is 0.471. The monoisotopic (exact) mass is 245 g/mol. The maximum Gasteiger partial charge on any atom is 0.272 e. The van der Waals surface area contributed by atoms with Gasteiger partial charge in [0, 0.05) is 24.2 Å². The van der Waals surface area contributed by atoms with E-state index >= 15 is 0 Å². The third-order valence-corrected chi connectivity index (χ3v) is 2.74. The molecule has 2 rings (SSSR count). The highest BCUT2D eigenvalue weighted by Gasteiger charge is 2.14. The second kappa shape index (κ2) is 4.40. The fraction of sp³-hybridized carbons (Fsp3) is 0.167. The first-order chi connectivity index (χ1) is 8.52. The number of benzene rings is 1. The van der Waals surface area contributed by atoms with Crippen LogP contribution in [0, 0.1) is 17.0 Å². The Morgan fingerprint density at radius 1 is 1.39 bits per heavy atom. The van der Waals surface area contributed by atoms with Crippen LogP contribution in [0.15, 0.2) is 24.3 Å². The van der Waals surface area contributed by atoms with E-state index in [0.717, 1.165) is 0 Å². The zero-order valence-electron chi connectivity index (χ0n) is 9.95. The van der Waals surface area contributed by atoms with Crippen molar-refractivity contribution >= 4 is 12.0 Å². The van der Waals surface area contributed by atoms with Crippen molar-refractivity contribution in [2.45, 2.75) is 6.92 Å². The average Bonchev–Trinajstić information content (AvgIpc) is 2.70. The molecule has 0 aliphatic heterocycles. The van der Waals surface area contributed by atoms with Gasteiger partial charge in [-0.3, -0.25) is 19.6 Å². The zero-order chi connectivity index (χ0) is 13.3. The molecule has 1 aromatic heterocycles. The molecule has 6 nitrogen and oxygen atoms in total. The first kappa shape index (κ1) is 12.0. The summed E-state index contributed by atoms with van der Waals surface area (Å²) < 4.78 is 1.44. The number of carbonyl (C=O) groups is 1. The van der Waals surface area contributed by atoms with Gasteiger partial charge in [-0.25, -0.2) is 0 Å². The van der Waals surface area contributed by atoms with Crippen molar-refractivity contribution in [2.75, 3.05) is 0 Å². The van der Waals surface area contributed by atoms with Gasteiger partial charge in [0.25, 0.3) is 5.69 Å². The molecule has 0 saturated carbocycles. The second-order valence-electron chi connectivity index (χ2n) is 3.95. The molecule has 0 radical (unpaired) electrons. The van der Waals surface area contributed by atoms with Gasteiger partial charge in [-0.1, -0.05) is 12.1 Å². The SMILES string of the molecule is Cc1ccc(-c2cc(C=O)n(C)n2)cc1[N+](=O)[O-]. The van der Waals surface area contributed by atoms with E-state index in [9.17, 15) is 14.9 Å². The van der Waals surface area contributed by atoms with E-state index in [4.69, 9.17) is 0 Å². The average molecular weight is 245 g/mol. The maximum absolute atomic E-state index is 10.9. The molecule has 0 spiro atoms. The Balaban J connectivity index is 2.53. The van der Waals surface area contributed by atoms with E-state index < -0.39 is 4.92 Å². The molecule has 1 aromatic carbocycles. The Hall–Kier alpha value is -2.50. The molecule has 0 saturated heterocycles. The van der Waals surface area contributed by atoms with E-state index in [0.29, 0.717) is 28.8 Å². The molecule has 0 amide bonds. The molecular formula is C12H11N3O3. The van der Waals surface area contributed by atoms with Crippen LogP contribution in [0.2, 0.25) is 0 Å². The summed E-state index contributed by atoms with van der Waals surface area (Å²) in [5.41, 5.74) is 2.23. The predicted molar refractivity (Wildman–Crippen MR) is 65.4 cm³/mol. The maximum atomic E-state index is 10.9. The normalized spacial score (nSPS) is 10.3. The van der Waals surface area contributed by atoms with Gasteiger partial charge in [0.2, 0.25) is 0 Å². The molecule has 1 heterocycles. The number of aryl methyl sites for hydroxylation is 2. The smallest absolute Gasteiger partial charge is 0.272 e. The van der Waals surface area contributed by atoms with E-state index in [2.05, 4.69) is 5.10 Å². The van der Waals surface area contributed by atoms with Crippen LogP contribution in [0.5, 0.6) is 0 Å². The van der Waals surface area contributed by atoms with Crippen LogP contribution in [0.25, 0.3) is 11.3 Å². The molecule has 6 heteroatoms. The van der Waals surface area contributed by atoms with Crippen LogP contribution in [0.4, 0.5) is 5.69 Å². The minimum absolute atomic E-state index is 0.0470. The molecular weight excluding hydrogens is 234 g/mol. The molecule has 0 atom stereocenters. The van der Waals surface area contributed by atoms with Crippen LogP contribution in [-0.2, 0) is 7.05 Å². The summed E-state index contributed by atoms with van der Waals surface area (Å²) in [5.74, 6) is 0. The van der Waals surface area contributed by atoms with Gasteiger partial charge in [-0.05, 0) is 13.0 Å². The Morgan fingerprint density at radius 3 is 2.67 bits per heavy atom. The van der Waals surface area contributed by atoms with Gasteiger partial charge in [0.15, 0.2) is 6.29 Å². The molecule has 18 heavy (non-hydrogen) atoms. The summed E-state index contributed by atoms with van der Waals surface area (Å²) in [6, 6.07) is 6.48. The van der Waals surface area contributed by atoms with Crippen LogP contribution >= 0.6 is 0 Å². The molecule has 0 aliphatic carbocycles. The third kappa shape index (κ3) is 2.00. The number of hydrogen-bond donors (Lipinski definition) is 0. The van der Waals surface area contributed by atoms with Crippen LogP contribution in [-0.4, -0.2) is 21.0 Å². The van der Waals surface area contributed by atoms with Crippen LogP contribution < -0.4 is 0 Å². The van der Waals surface area contributed by atoms with Crippen molar-refractivity contribution in [3.63, 3.8) is 0 Å². The lowest BCUT2D eigenvalue weighted by atomic mass is 10.1. The zero-order valence-corrected chi connectivity index (χ0v) is 9.95. The van der Waals surface area contributed by atoms with Gasteiger partial charge in [-0.2, -0.15) is 5.10 Å². The topological polar surface area (TPSA) is 78.0 Å². The fourth-order valence-electron chi connectivity index (χ4n) is 1.70. The molecule has 0 fully saturated rings. The van der Waals surface area contributed by atoms with Crippen molar-refractivity contribution in [3.05, 3.63) is 45.6 Å². The van der Waals surface area contributed by atoms with Gasteiger partial charge in [-0.15, -0.1) is 0 Å². The number of carbonyl (C=O) groups excluding carboxylic acids is 1. The number of rotatable bonds is 3. The molecule has 2 aromatic rings. The van der Waals surface area contributed by atoms with Crippen LogP contribution in [0.1, 0.15) is 16.1 Å². The van der Waals surface area contributed by atoms with Crippen LogP contribution in [0.3, 0.4) is 0 Å². The molecule has 92 valence electrons. The van der Waals surface area contributed by atoms with Gasteiger partial charge in [0.05, 0.1) is 10.6 Å². The minimum Gasteiger partial charge on any atom is -0.296 e. The highest BCUT2D eigenvalue weighted by molar-refractivity contribution is 5.76. The lowest BCUT2D eigenvalue weighted by Crippen LogP contribution is -1.96. The summed E-state index contributed by atoms with van der Waals surface area (Å²) in [7, 11) is 1.65. The largest absolute Gasteiger partial charge is 0.296 e. The lowest BCUT2D eigenvalue weighted by molar-refractivity contribution is -0.385. The van der Waals surface area contributed by atoms with Crippen molar-refractivity contribution in [3.8, 4) is 11.3 Å². The first-order valence-electron chi connectivity index (χ1n) is 5.27. The summed E-state index contributed by atoms with van der Waals surface area (Å²) in [5, 5.41) is 15.0. The Bertz CT molecular complexity index is 631. The van der Waals surface area contributed by atoms with Gasteiger partial charge in [0.1, 0.15) is 5.69 Å². The molecule has 0 aliphatic rings. The minimum atomic E-state index is -0.428. The number of aldehydes is 1. The predicted octanol–water partition coefficient (Wildman–Crippen LogP) is 2.12. The number of aromatic nitrogens is 2. The number of nitro groups is 1. The number of nitro benzene ring substituents is 1. The summed E-state index contributed by atoms with van der Waals surface area (Å²) in [6.07, 6.45) is 0.694. The van der Waals surface area contributed by atoms with E-state index in [1.54, 1.807) is 32.2 Å². The van der Waals surface area contributed by atoms with Crippen molar-refractivity contribution < 1.29 is 9.72 Å². The summed E-state index contributed by atoms with van der Waals surface area (Å²) in [6.45, 7) is 1.68. The lowest BCUT2D eigenvalue weighted by Gasteiger charge is -2.00. The number of nitrogens with zero attached hydrogens (tertiary/aromatic N) is 3. The highest BCUT2D eigenvalue weighted by Crippen LogP contribution is 2.26. The standard InChI is InChI=1S/C12H11N3O3/c1-8-3-4-9(5-12(8)15(17)18)11-6-10(7-16)14(2)13-11/h3-7H,1-2H3. The number of hydrogen-bond acceptors (Lipinski definition) is 4. The second-order valence-corrected chi connectivity index (χ2v) is 3.95. The van der Waals surface area contributed by atoms with E-state index in [-0.39, 0.29) is 5.69 Å². The van der Waals surface area contributed by atoms with E-state index in [1.807, 2.05) is 0 Å². The first-order valence-corrected chi connectivity index (χ1v) is 5.27. The van der Waals surface area contributed by atoms with Crippen molar-refractivity contribution in [2.24, 2.45) is 7.05 Å².